The van der Waals surface area contributed by atoms with Crippen LogP contribution >= 0.6 is 0 Å². The molecule has 1 aromatic carbocycles. The Morgan fingerprint density at radius 2 is 1.92 bits per heavy atom. The Hall–Kier alpha value is -0.820. The number of nitrogens with one attached hydrogen (secondary N) is 1. The first-order chi connectivity index (χ1) is 5.65. The highest BCUT2D eigenvalue weighted by Crippen LogP contribution is 2.17. The van der Waals surface area contributed by atoms with Gasteiger partial charge in [-0.2, -0.15) is 0 Å². The lowest BCUT2D eigenvalue weighted by Gasteiger charge is -2.14. The minimum Gasteiger partial charge on any atom is -0.313 e. The van der Waals surface area contributed by atoms with Crippen LogP contribution in [-0.4, -0.2) is 7.05 Å². The van der Waals surface area contributed by atoms with Gasteiger partial charge in [-0.15, -0.1) is 0 Å². The van der Waals surface area contributed by atoms with Crippen molar-refractivity contribution in [3.8, 4) is 0 Å². The molecule has 12 heavy (non-hydrogen) atoms. The zero-order valence-corrected chi connectivity index (χ0v) is 8.31. The van der Waals surface area contributed by atoms with Crippen LogP contribution in [0.3, 0.4) is 0 Å². The molecular formula is C11H17N. The molecule has 0 radical (unpaired) electrons. The number of hydrogen-bond acceptors (Lipinski definition) is 1. The molecule has 1 unspecified atom stereocenters. The average Bonchev–Trinajstić information content (AvgIpc) is 2.08. The van der Waals surface area contributed by atoms with Crippen LogP contribution in [0, 0.1) is 13.8 Å². The highest BCUT2D eigenvalue weighted by molar-refractivity contribution is 5.32. The van der Waals surface area contributed by atoms with Gasteiger partial charge in [-0.05, 0) is 38.9 Å². The fourth-order valence-electron chi connectivity index (χ4n) is 1.38. The van der Waals surface area contributed by atoms with Crippen molar-refractivity contribution in [2.24, 2.45) is 0 Å². The normalized spacial score (nSPS) is 13.0. The molecule has 0 saturated heterocycles. The smallest absolute Gasteiger partial charge is 0.0291 e. The van der Waals surface area contributed by atoms with Crippen molar-refractivity contribution in [3.05, 3.63) is 34.9 Å². The molecule has 0 aliphatic heterocycles. The summed E-state index contributed by atoms with van der Waals surface area (Å²) in [6, 6.07) is 7.03. The molecule has 0 fully saturated rings. The third-order valence-electron chi connectivity index (χ3n) is 2.33. The van der Waals surface area contributed by atoms with Crippen molar-refractivity contribution >= 4 is 0 Å². The van der Waals surface area contributed by atoms with Crippen molar-refractivity contribution in [3.63, 3.8) is 0 Å². The minimum absolute atomic E-state index is 0.449. The second-order valence-electron chi connectivity index (χ2n) is 3.37. The summed E-state index contributed by atoms with van der Waals surface area (Å²) < 4.78 is 0. The van der Waals surface area contributed by atoms with Crippen LogP contribution in [0.2, 0.25) is 0 Å². The van der Waals surface area contributed by atoms with Crippen molar-refractivity contribution in [1.82, 2.24) is 5.32 Å². The third kappa shape index (κ3) is 1.86. The predicted octanol–water partition coefficient (Wildman–Crippen LogP) is 2.58. The van der Waals surface area contributed by atoms with E-state index in [-0.39, 0.29) is 0 Å². The van der Waals surface area contributed by atoms with Gasteiger partial charge in [0, 0.05) is 6.04 Å². The zero-order chi connectivity index (χ0) is 9.14. The van der Waals surface area contributed by atoms with E-state index >= 15 is 0 Å². The van der Waals surface area contributed by atoms with Crippen molar-refractivity contribution < 1.29 is 0 Å². The molecular weight excluding hydrogens is 146 g/mol. The van der Waals surface area contributed by atoms with Crippen LogP contribution in [0.1, 0.15) is 29.7 Å². The molecule has 0 aromatic heterocycles. The fraction of sp³-hybridized carbons (Fsp3) is 0.455. The predicted molar refractivity (Wildman–Crippen MR) is 53.4 cm³/mol. The summed E-state index contributed by atoms with van der Waals surface area (Å²) in [5.41, 5.74) is 4.10. The highest BCUT2D eigenvalue weighted by Gasteiger charge is 2.04. The van der Waals surface area contributed by atoms with E-state index in [1.807, 2.05) is 7.05 Å². The van der Waals surface area contributed by atoms with Gasteiger partial charge in [0.15, 0.2) is 0 Å². The lowest BCUT2D eigenvalue weighted by molar-refractivity contribution is 0.648. The summed E-state index contributed by atoms with van der Waals surface area (Å²) in [6.07, 6.45) is 0. The summed E-state index contributed by atoms with van der Waals surface area (Å²) in [7, 11) is 1.99. The van der Waals surface area contributed by atoms with Gasteiger partial charge in [0.1, 0.15) is 0 Å². The van der Waals surface area contributed by atoms with Gasteiger partial charge in [-0.1, -0.05) is 23.8 Å². The fourth-order valence-corrected chi connectivity index (χ4v) is 1.38. The summed E-state index contributed by atoms with van der Waals surface area (Å²) in [5, 5.41) is 3.25. The molecule has 1 aromatic rings. The molecule has 0 bridgehead atoms. The Balaban J connectivity index is 3.04. The van der Waals surface area contributed by atoms with Gasteiger partial charge >= 0.3 is 0 Å². The Labute approximate surface area is 74.8 Å². The van der Waals surface area contributed by atoms with Crippen molar-refractivity contribution in [1.29, 1.82) is 0 Å². The lowest BCUT2D eigenvalue weighted by atomic mass is 10.0. The molecule has 1 N–H and O–H groups in total. The maximum atomic E-state index is 3.25. The molecule has 0 aliphatic rings. The van der Waals surface area contributed by atoms with Gasteiger partial charge in [0.05, 0.1) is 0 Å². The van der Waals surface area contributed by atoms with Gasteiger partial charge in [0.25, 0.3) is 0 Å². The van der Waals surface area contributed by atoms with Crippen LogP contribution in [0.4, 0.5) is 0 Å². The molecule has 0 heterocycles. The van der Waals surface area contributed by atoms with Gasteiger partial charge < -0.3 is 5.32 Å². The van der Waals surface area contributed by atoms with E-state index < -0.39 is 0 Å². The molecule has 1 rings (SSSR count). The van der Waals surface area contributed by atoms with E-state index in [2.05, 4.69) is 44.3 Å². The van der Waals surface area contributed by atoms with Crippen molar-refractivity contribution in [2.45, 2.75) is 26.8 Å². The van der Waals surface area contributed by atoms with E-state index in [0.717, 1.165) is 0 Å². The Morgan fingerprint density at radius 1 is 1.25 bits per heavy atom. The van der Waals surface area contributed by atoms with Crippen LogP contribution in [0.25, 0.3) is 0 Å². The zero-order valence-electron chi connectivity index (χ0n) is 8.31. The number of hydrogen-bond donors (Lipinski definition) is 1. The molecule has 0 aliphatic carbocycles. The third-order valence-corrected chi connectivity index (χ3v) is 2.33. The summed E-state index contributed by atoms with van der Waals surface area (Å²) in [4.78, 5) is 0. The number of rotatable bonds is 2. The van der Waals surface area contributed by atoms with Gasteiger partial charge in [0.2, 0.25) is 0 Å². The first kappa shape index (κ1) is 9.27. The molecule has 0 amide bonds. The van der Waals surface area contributed by atoms with Crippen LogP contribution in [0.15, 0.2) is 18.2 Å². The molecule has 0 saturated carbocycles. The lowest BCUT2D eigenvalue weighted by Crippen LogP contribution is -2.13. The molecule has 66 valence electrons. The molecule has 1 heteroatoms. The first-order valence-electron chi connectivity index (χ1n) is 4.39. The first-order valence-corrected chi connectivity index (χ1v) is 4.39. The minimum atomic E-state index is 0.449. The van der Waals surface area contributed by atoms with Crippen LogP contribution in [-0.2, 0) is 0 Å². The summed E-state index contributed by atoms with van der Waals surface area (Å²) in [5.74, 6) is 0. The Kier molecular flexibility index (Phi) is 2.88. The second kappa shape index (κ2) is 3.72. The monoisotopic (exact) mass is 163 g/mol. The highest BCUT2D eigenvalue weighted by atomic mass is 14.9. The SMILES string of the molecule is CNC(C)c1cc(C)ccc1C. The van der Waals surface area contributed by atoms with E-state index in [4.69, 9.17) is 0 Å². The Morgan fingerprint density at radius 3 is 2.50 bits per heavy atom. The van der Waals surface area contributed by atoms with E-state index in [1.165, 1.54) is 16.7 Å². The number of benzene rings is 1. The Bertz CT molecular complexity index is 266. The van der Waals surface area contributed by atoms with Crippen LogP contribution < -0.4 is 5.32 Å². The van der Waals surface area contributed by atoms with Crippen LogP contribution in [0.5, 0.6) is 0 Å². The van der Waals surface area contributed by atoms with Gasteiger partial charge in [-0.3, -0.25) is 0 Å². The number of aryl methyl sites for hydroxylation is 2. The van der Waals surface area contributed by atoms with E-state index in [9.17, 15) is 0 Å². The topological polar surface area (TPSA) is 12.0 Å². The standard InChI is InChI=1S/C11H17N/c1-8-5-6-9(2)11(7-8)10(3)12-4/h5-7,10,12H,1-4H3. The summed E-state index contributed by atoms with van der Waals surface area (Å²) >= 11 is 0. The second-order valence-corrected chi connectivity index (χ2v) is 3.37. The largest absolute Gasteiger partial charge is 0.313 e. The van der Waals surface area contributed by atoms with E-state index in [0.29, 0.717) is 6.04 Å². The molecule has 0 spiro atoms. The summed E-state index contributed by atoms with van der Waals surface area (Å²) in [6.45, 7) is 6.47. The quantitative estimate of drug-likeness (QED) is 0.706. The maximum Gasteiger partial charge on any atom is 0.0291 e. The average molecular weight is 163 g/mol. The molecule has 1 nitrogen and oxygen atoms in total. The van der Waals surface area contributed by atoms with Crippen molar-refractivity contribution in [2.75, 3.05) is 7.05 Å². The van der Waals surface area contributed by atoms with Gasteiger partial charge in [-0.25, -0.2) is 0 Å². The van der Waals surface area contributed by atoms with E-state index in [1.54, 1.807) is 0 Å². The molecule has 1 atom stereocenters. The maximum absolute atomic E-state index is 3.25.